The number of β-amino-alcohol motifs (C(OH)–C–C–N with tert-alkyl or cyclic N) is 1. The molecule has 2 spiro atoms. The van der Waals surface area contributed by atoms with Crippen LogP contribution in [0.25, 0.3) is 22.6 Å². The third kappa shape index (κ3) is 5.02. The fraction of sp³-hybridized carbons (Fsp3) is 0.735. The Kier molecular flexibility index (Phi) is 8.29. The van der Waals surface area contributed by atoms with Gasteiger partial charge in [0, 0.05) is 31.6 Å². The van der Waals surface area contributed by atoms with Crippen LogP contribution in [0.1, 0.15) is 95.4 Å². The maximum atomic E-state index is 13.3. The summed E-state index contributed by atoms with van der Waals surface area (Å²) in [6.07, 6.45) is 9.81. The van der Waals surface area contributed by atoms with Crippen molar-refractivity contribution in [1.29, 1.82) is 0 Å². The number of aliphatic hydroxyl groups is 1. The van der Waals surface area contributed by atoms with Gasteiger partial charge in [-0.1, -0.05) is 11.6 Å². The number of carbonyl (C=O) groups is 1. The molecule has 4 fully saturated rings. The maximum absolute atomic E-state index is 13.3. The molecule has 2 aliphatic carbocycles. The van der Waals surface area contributed by atoms with Crippen molar-refractivity contribution in [3.8, 4) is 11.5 Å². The minimum atomic E-state index is -1.00. The van der Waals surface area contributed by atoms with E-state index in [1.807, 2.05) is 16.5 Å². The standard InChI is InChI=1S/C34H47IN8O5/c1-20(22-10-8-16-41(22)4)43-30-24(27(35)39-43)29(42-19-32(2,45)15-11-23(42)31(44)36-3)37-28(38-30)25-21-9-7-13-33(26(21)48-40-25)12-5-6-14-34(33)46-17-18-47-34/h20,22-23,45H,5-19H2,1-4H3,(H,36,44)/t20-,22-,23+,32+,33-/m0/s1. The zero-order chi connectivity index (χ0) is 33.4. The minimum absolute atomic E-state index is 0.0478. The smallest absolute Gasteiger partial charge is 0.242 e. The van der Waals surface area contributed by atoms with Gasteiger partial charge in [0.2, 0.25) is 5.91 Å². The van der Waals surface area contributed by atoms with Crippen LogP contribution < -0.4 is 10.2 Å². The van der Waals surface area contributed by atoms with Crippen LogP contribution in [-0.4, -0.2) is 105 Å². The molecule has 3 saturated heterocycles. The molecule has 48 heavy (non-hydrogen) atoms. The van der Waals surface area contributed by atoms with Crippen LogP contribution in [0.3, 0.4) is 0 Å². The fourth-order valence-electron chi connectivity index (χ4n) is 9.57. The molecular formula is C34H47IN8O5. The number of hydrogen-bond donors (Lipinski definition) is 2. The normalized spacial score (nSPS) is 31.2. The predicted octanol–water partition coefficient (Wildman–Crippen LogP) is 4.10. The molecule has 0 unspecified atom stereocenters. The Balaban J connectivity index is 1.32. The second kappa shape index (κ2) is 12.1. The van der Waals surface area contributed by atoms with Crippen LogP contribution in [0.15, 0.2) is 4.52 Å². The lowest BCUT2D eigenvalue weighted by Crippen LogP contribution is -2.56. The minimum Gasteiger partial charge on any atom is -0.388 e. The van der Waals surface area contributed by atoms with Gasteiger partial charge in [-0.05, 0) is 108 Å². The van der Waals surface area contributed by atoms with Crippen LogP contribution in [0.5, 0.6) is 0 Å². The summed E-state index contributed by atoms with van der Waals surface area (Å²) >= 11 is 2.27. The third-order valence-electron chi connectivity index (χ3n) is 12.0. The summed E-state index contributed by atoms with van der Waals surface area (Å²) in [5, 5.41) is 24.8. The Bertz CT molecular complexity index is 1720. The lowest BCUT2D eigenvalue weighted by atomic mass is 9.61. The van der Waals surface area contributed by atoms with Crippen molar-refractivity contribution in [3.63, 3.8) is 0 Å². The summed E-state index contributed by atoms with van der Waals surface area (Å²) in [6, 6.07) is -0.146. The predicted molar refractivity (Wildman–Crippen MR) is 187 cm³/mol. The van der Waals surface area contributed by atoms with Crippen molar-refractivity contribution < 1.29 is 23.9 Å². The Morgan fingerprint density at radius 3 is 2.60 bits per heavy atom. The second-order valence-corrected chi connectivity index (χ2v) is 16.0. The number of amides is 1. The number of nitrogens with zero attached hydrogens (tertiary/aromatic N) is 7. The third-order valence-corrected chi connectivity index (χ3v) is 12.7. The van der Waals surface area contributed by atoms with E-state index in [1.54, 1.807) is 7.05 Å². The molecular weight excluding hydrogens is 727 g/mol. The van der Waals surface area contributed by atoms with Crippen LogP contribution in [-0.2, 0) is 26.1 Å². The number of ether oxygens (including phenoxy) is 2. The summed E-state index contributed by atoms with van der Waals surface area (Å²) in [4.78, 5) is 28.2. The average molecular weight is 775 g/mol. The highest BCUT2D eigenvalue weighted by atomic mass is 127. The van der Waals surface area contributed by atoms with Gasteiger partial charge in [0.1, 0.15) is 15.6 Å². The highest BCUT2D eigenvalue weighted by molar-refractivity contribution is 14.1. The molecule has 0 radical (unpaired) electrons. The fourth-order valence-corrected chi connectivity index (χ4v) is 10.3. The number of hydrogen-bond acceptors (Lipinski definition) is 11. The number of carbonyl (C=O) groups excluding carboxylic acids is 1. The molecule has 5 atom stereocenters. The number of rotatable bonds is 5. The van der Waals surface area contributed by atoms with Crippen LogP contribution in [0.2, 0.25) is 0 Å². The van der Waals surface area contributed by atoms with Crippen molar-refractivity contribution in [2.45, 2.75) is 119 Å². The van der Waals surface area contributed by atoms with E-state index in [4.69, 9.17) is 34.2 Å². The lowest BCUT2D eigenvalue weighted by Gasteiger charge is -2.50. The van der Waals surface area contributed by atoms with E-state index in [2.05, 4.69) is 46.8 Å². The van der Waals surface area contributed by atoms with E-state index in [1.165, 1.54) is 0 Å². The molecule has 2 N–H and O–H groups in total. The first kappa shape index (κ1) is 32.8. The maximum Gasteiger partial charge on any atom is 0.242 e. The molecule has 6 heterocycles. The molecule has 1 saturated carbocycles. The number of anilines is 1. The van der Waals surface area contributed by atoms with Gasteiger partial charge in [-0.15, -0.1) is 0 Å². The summed E-state index contributed by atoms with van der Waals surface area (Å²) in [7, 11) is 3.83. The molecule has 8 rings (SSSR count). The first-order valence-corrected chi connectivity index (χ1v) is 18.8. The monoisotopic (exact) mass is 774 g/mol. The highest BCUT2D eigenvalue weighted by Crippen LogP contribution is 2.57. The zero-order valence-electron chi connectivity index (χ0n) is 28.4. The van der Waals surface area contributed by atoms with E-state index in [0.717, 1.165) is 84.7 Å². The van der Waals surface area contributed by atoms with E-state index in [0.29, 0.717) is 55.1 Å². The topological polar surface area (TPSA) is 144 Å². The molecule has 5 aliphatic rings. The Hall–Kier alpha value is -2.40. The van der Waals surface area contributed by atoms with Crippen molar-refractivity contribution in [1.82, 2.24) is 35.1 Å². The zero-order valence-corrected chi connectivity index (χ0v) is 30.6. The van der Waals surface area contributed by atoms with Gasteiger partial charge in [-0.25, -0.2) is 14.6 Å². The Morgan fingerprint density at radius 1 is 1.08 bits per heavy atom. The first-order valence-electron chi connectivity index (χ1n) is 17.7. The van der Waals surface area contributed by atoms with Crippen LogP contribution >= 0.6 is 22.6 Å². The molecule has 3 aromatic heterocycles. The van der Waals surface area contributed by atoms with Gasteiger partial charge < -0.3 is 34.2 Å². The van der Waals surface area contributed by atoms with Gasteiger partial charge in [0.05, 0.1) is 35.7 Å². The molecule has 3 aromatic rings. The van der Waals surface area contributed by atoms with E-state index in [9.17, 15) is 9.90 Å². The summed E-state index contributed by atoms with van der Waals surface area (Å²) in [5.74, 6) is 1.09. The number of nitrogens with one attached hydrogen (secondary N) is 1. The van der Waals surface area contributed by atoms with Crippen molar-refractivity contribution in [2.24, 2.45) is 0 Å². The van der Waals surface area contributed by atoms with Crippen LogP contribution in [0.4, 0.5) is 5.82 Å². The van der Waals surface area contributed by atoms with Gasteiger partial charge >= 0.3 is 0 Å². The molecule has 1 amide bonds. The van der Waals surface area contributed by atoms with E-state index < -0.39 is 22.8 Å². The number of halogens is 1. The first-order chi connectivity index (χ1) is 23.1. The number of likely N-dealkylation sites (tertiary alicyclic amines) is 1. The van der Waals surface area contributed by atoms with Crippen molar-refractivity contribution >= 4 is 45.3 Å². The quantitative estimate of drug-likeness (QED) is 0.362. The van der Waals surface area contributed by atoms with Crippen molar-refractivity contribution in [3.05, 3.63) is 15.0 Å². The summed E-state index contributed by atoms with van der Waals surface area (Å²) < 4.78 is 22.1. The summed E-state index contributed by atoms with van der Waals surface area (Å²) in [6.45, 7) is 6.51. The average Bonchev–Trinajstić information content (AvgIpc) is 3.88. The second-order valence-electron chi connectivity index (χ2n) is 15.0. The van der Waals surface area contributed by atoms with Crippen molar-refractivity contribution in [2.75, 3.05) is 45.3 Å². The molecule has 14 heteroatoms. The molecule has 13 nitrogen and oxygen atoms in total. The molecule has 0 bridgehead atoms. The SMILES string of the molecule is CNC(=O)[C@H]1CC[C@@](C)(O)CN1c1nc(-c2noc3c2CCC[C@@]32CCCCC23OCCO3)nc2c1c(I)nn2[C@@H](C)[C@@H]1CCCN1C. The van der Waals surface area contributed by atoms with Gasteiger partial charge in [0.15, 0.2) is 28.7 Å². The van der Waals surface area contributed by atoms with Gasteiger partial charge in [-0.3, -0.25) is 4.79 Å². The molecule has 3 aliphatic heterocycles. The van der Waals surface area contributed by atoms with Crippen LogP contribution in [0, 0.1) is 3.70 Å². The highest BCUT2D eigenvalue weighted by Gasteiger charge is 2.61. The lowest BCUT2D eigenvalue weighted by molar-refractivity contribution is -0.235. The molecule has 260 valence electrons. The number of fused-ring (bicyclic) bond motifs is 4. The number of likely N-dealkylation sites (N-methyl/N-ethyl adjacent to an activating group) is 2. The van der Waals surface area contributed by atoms with Gasteiger partial charge in [0.25, 0.3) is 0 Å². The summed E-state index contributed by atoms with van der Waals surface area (Å²) in [5.41, 5.74) is 0.942. The molecule has 0 aromatic carbocycles. The number of aromatic nitrogens is 5. The Morgan fingerprint density at radius 2 is 1.85 bits per heavy atom. The van der Waals surface area contributed by atoms with E-state index in [-0.39, 0.29) is 18.5 Å². The Labute approximate surface area is 294 Å². The van der Waals surface area contributed by atoms with E-state index >= 15 is 0 Å². The number of piperidine rings is 1. The largest absolute Gasteiger partial charge is 0.388 e. The van der Waals surface area contributed by atoms with Gasteiger partial charge in [-0.2, -0.15) is 5.10 Å².